The molecule has 10 aromatic rings. The third-order valence-corrected chi connectivity index (χ3v) is 11.5. The fourth-order valence-corrected chi connectivity index (χ4v) is 9.45. The van der Waals surface area contributed by atoms with Crippen molar-refractivity contribution >= 4 is 75.3 Å². The maximum Gasteiger partial charge on any atom is 0.311 e. The molecule has 0 unspecified atom stereocenters. The van der Waals surface area contributed by atoms with Gasteiger partial charge in [-0.1, -0.05) is 159 Å². The van der Waals surface area contributed by atoms with Gasteiger partial charge in [0.1, 0.15) is 16.1 Å². The normalized spacial score (nSPS) is 13.7. The van der Waals surface area contributed by atoms with E-state index in [0.717, 1.165) is 61.1 Å². The van der Waals surface area contributed by atoms with Crippen LogP contribution in [0.4, 0.5) is 19.4 Å². The first-order valence-corrected chi connectivity index (χ1v) is 19.0. The number of fused-ring (bicyclic) bond motifs is 7. The van der Waals surface area contributed by atoms with Crippen LogP contribution in [0.5, 0.6) is 0 Å². The summed E-state index contributed by atoms with van der Waals surface area (Å²) in [5.41, 5.74) is 6.62. The molecule has 0 fully saturated rings. The van der Waals surface area contributed by atoms with E-state index >= 15 is 0 Å². The predicted molar refractivity (Wildman–Crippen MR) is 211 cm³/mol. The summed E-state index contributed by atoms with van der Waals surface area (Å²) in [4.78, 5) is -1.85. The molecule has 0 atom stereocenters. The van der Waals surface area contributed by atoms with E-state index in [1.807, 2.05) is 24.3 Å². The first-order chi connectivity index (χ1) is 25.4. The van der Waals surface area contributed by atoms with Gasteiger partial charge < -0.3 is 4.42 Å². The van der Waals surface area contributed by atoms with E-state index in [1.165, 1.54) is 29.8 Å². The maximum atomic E-state index is 14.7. The highest BCUT2D eigenvalue weighted by atomic mass is 32.5. The third-order valence-electron chi connectivity index (χ3n) is 10.3. The number of furan rings is 1. The van der Waals surface area contributed by atoms with Crippen molar-refractivity contribution in [3.63, 3.8) is 0 Å². The Balaban J connectivity index is 1.20. The highest BCUT2D eigenvalue weighted by Crippen LogP contribution is 3.03. The van der Waals surface area contributed by atoms with Crippen LogP contribution in [0.2, 0.25) is 0 Å². The second-order valence-electron chi connectivity index (χ2n) is 13.5. The Labute approximate surface area is 300 Å². The van der Waals surface area contributed by atoms with Crippen LogP contribution in [-0.2, 0) is 0 Å². The first kappa shape index (κ1) is 31.5. The van der Waals surface area contributed by atoms with E-state index in [1.54, 1.807) is 18.2 Å². The lowest BCUT2D eigenvalue weighted by Crippen LogP contribution is -2.08. The van der Waals surface area contributed by atoms with Crippen LogP contribution in [0.15, 0.2) is 173 Å². The van der Waals surface area contributed by atoms with Gasteiger partial charge >= 0.3 is 10.2 Å². The zero-order valence-electron chi connectivity index (χ0n) is 27.8. The molecule has 1 heterocycles. The van der Waals surface area contributed by atoms with E-state index in [0.29, 0.717) is 22.3 Å². The molecule has 0 spiro atoms. The highest BCUT2D eigenvalue weighted by Gasteiger charge is 2.67. The first-order valence-electron chi connectivity index (χ1n) is 17.1. The SMILES string of the molecule is FS(F)(F)(F)(F)c1c2ccccc2c(-c2ccc3c(c2)oc2ccc(-c4c5ccccc5c(-c5ccccc5)c5ccccc45)cc23)c2ccccc12. The van der Waals surface area contributed by atoms with Gasteiger partial charge in [0.15, 0.2) is 0 Å². The van der Waals surface area contributed by atoms with Crippen molar-refractivity contribution in [2.75, 3.05) is 0 Å². The quantitative estimate of drug-likeness (QED) is 0.130. The lowest BCUT2D eigenvalue weighted by molar-refractivity contribution is 0.367. The Kier molecular flexibility index (Phi) is 6.22. The lowest BCUT2D eigenvalue weighted by atomic mass is 9.86. The average molecular weight is 723 g/mol. The maximum absolute atomic E-state index is 14.7. The van der Waals surface area contributed by atoms with Crippen LogP contribution >= 0.6 is 10.2 Å². The van der Waals surface area contributed by atoms with Crippen molar-refractivity contribution in [2.24, 2.45) is 0 Å². The van der Waals surface area contributed by atoms with Crippen molar-refractivity contribution in [1.29, 1.82) is 0 Å². The van der Waals surface area contributed by atoms with Gasteiger partial charge in [-0.25, -0.2) is 0 Å². The topological polar surface area (TPSA) is 13.1 Å². The smallest absolute Gasteiger partial charge is 0.311 e. The zero-order chi connectivity index (χ0) is 36.2. The summed E-state index contributed by atoms with van der Waals surface area (Å²) in [5.74, 6) is 0. The minimum absolute atomic E-state index is 0.0879. The molecule has 0 radical (unpaired) electrons. The molecule has 258 valence electrons. The second kappa shape index (κ2) is 10.5. The fourth-order valence-electron chi connectivity index (χ4n) is 8.26. The van der Waals surface area contributed by atoms with Crippen LogP contribution in [0, 0.1) is 0 Å². The van der Waals surface area contributed by atoms with E-state index in [4.69, 9.17) is 4.42 Å². The number of hydrogen-bond donors (Lipinski definition) is 0. The van der Waals surface area contributed by atoms with Crippen LogP contribution in [-0.4, -0.2) is 0 Å². The van der Waals surface area contributed by atoms with Gasteiger partial charge in [-0.15, -0.1) is 0 Å². The minimum Gasteiger partial charge on any atom is -0.456 e. The monoisotopic (exact) mass is 722 g/mol. The summed E-state index contributed by atoms with van der Waals surface area (Å²) in [6.45, 7) is 0. The molecule has 0 N–H and O–H groups in total. The number of halogens is 5. The molecule has 0 bridgehead atoms. The van der Waals surface area contributed by atoms with Crippen LogP contribution in [0.3, 0.4) is 0 Å². The molecule has 1 nitrogen and oxygen atoms in total. The molecule has 1 aromatic heterocycles. The summed E-state index contributed by atoms with van der Waals surface area (Å²) >= 11 is 0. The van der Waals surface area contributed by atoms with Gasteiger partial charge in [0, 0.05) is 21.5 Å². The van der Waals surface area contributed by atoms with E-state index in [9.17, 15) is 19.4 Å². The molecule has 0 aliphatic carbocycles. The highest BCUT2D eigenvalue weighted by molar-refractivity contribution is 8.46. The number of rotatable bonds is 4. The standard InChI is InChI=1S/C46H27F5OS/c47-53(48,49,50,51)46-38-20-10-8-18-36(38)45(37-19-9-11-21-39(37)46)30-22-24-31-40-26-29(23-25-41(40)52-42(31)27-30)44-34-16-6-4-14-32(34)43(28-12-2-1-3-13-28)33-15-5-7-17-35(33)44/h1-27H. The van der Waals surface area contributed by atoms with Gasteiger partial charge in [-0.05, 0) is 90.0 Å². The second-order valence-corrected chi connectivity index (χ2v) is 15.8. The molecule has 10 rings (SSSR count). The largest absolute Gasteiger partial charge is 0.456 e. The van der Waals surface area contributed by atoms with Gasteiger partial charge in [0.2, 0.25) is 0 Å². The summed E-state index contributed by atoms with van der Waals surface area (Å²) < 4.78 is 79.8. The minimum atomic E-state index is -10.1. The molecule has 53 heavy (non-hydrogen) atoms. The molecule has 0 aliphatic heterocycles. The molecule has 0 saturated carbocycles. The third kappa shape index (κ3) is 4.91. The zero-order valence-corrected chi connectivity index (χ0v) is 28.6. The van der Waals surface area contributed by atoms with E-state index in [-0.39, 0.29) is 10.8 Å². The van der Waals surface area contributed by atoms with Gasteiger partial charge in [0.25, 0.3) is 0 Å². The molecule has 0 aliphatic rings. The fraction of sp³-hybridized carbons (Fsp3) is 0. The van der Waals surface area contributed by atoms with E-state index < -0.39 is 25.9 Å². The van der Waals surface area contributed by atoms with Crippen LogP contribution in [0.25, 0.3) is 98.4 Å². The summed E-state index contributed by atoms with van der Waals surface area (Å²) in [6, 6.07) is 50.0. The van der Waals surface area contributed by atoms with Crippen LogP contribution in [0.1, 0.15) is 0 Å². The van der Waals surface area contributed by atoms with Gasteiger partial charge in [0.05, 0.1) is 0 Å². The summed E-state index contributed by atoms with van der Waals surface area (Å²) in [5, 5.41) is 5.35. The van der Waals surface area contributed by atoms with Crippen molar-refractivity contribution in [3.8, 4) is 33.4 Å². The van der Waals surface area contributed by atoms with E-state index in [2.05, 4.69) is 84.9 Å². The molecular formula is C46H27F5OS. The summed E-state index contributed by atoms with van der Waals surface area (Å²) in [6.07, 6.45) is 0. The van der Waals surface area contributed by atoms with Crippen molar-refractivity contribution in [3.05, 3.63) is 164 Å². The molecule has 9 aromatic carbocycles. The lowest BCUT2D eigenvalue weighted by Gasteiger charge is -2.42. The number of benzene rings is 9. The average Bonchev–Trinajstić information content (AvgIpc) is 3.52. The van der Waals surface area contributed by atoms with Crippen molar-refractivity contribution in [2.45, 2.75) is 4.90 Å². The van der Waals surface area contributed by atoms with Gasteiger partial charge in [-0.3, -0.25) is 0 Å². The van der Waals surface area contributed by atoms with Crippen molar-refractivity contribution < 1.29 is 23.8 Å². The molecular weight excluding hydrogens is 696 g/mol. The Morgan fingerprint density at radius 2 is 0.698 bits per heavy atom. The Hall–Kier alpha value is -6.18. The Morgan fingerprint density at radius 3 is 1.19 bits per heavy atom. The Morgan fingerprint density at radius 1 is 0.302 bits per heavy atom. The number of hydrogen-bond acceptors (Lipinski definition) is 1. The van der Waals surface area contributed by atoms with Crippen LogP contribution < -0.4 is 0 Å². The summed E-state index contributed by atoms with van der Waals surface area (Å²) in [7, 11) is -10.1. The van der Waals surface area contributed by atoms with Gasteiger partial charge in [-0.2, -0.15) is 0 Å². The van der Waals surface area contributed by atoms with Crippen molar-refractivity contribution in [1.82, 2.24) is 0 Å². The molecule has 0 amide bonds. The molecule has 0 saturated heterocycles. The molecule has 7 heteroatoms. The predicted octanol–water partition coefficient (Wildman–Crippen LogP) is 15.9. The Bertz CT molecular complexity index is 3040.